The number of nitrogens with zero attached hydrogens (tertiary/aromatic N) is 4. The molecule has 2 N–H and O–H groups in total. The van der Waals surface area contributed by atoms with Crippen LogP contribution in [0.2, 0.25) is 0 Å². The van der Waals surface area contributed by atoms with E-state index in [0.717, 1.165) is 4.47 Å². The van der Waals surface area contributed by atoms with Crippen molar-refractivity contribution in [3.63, 3.8) is 0 Å². The quantitative estimate of drug-likeness (QED) is 0.263. The van der Waals surface area contributed by atoms with Crippen molar-refractivity contribution in [1.82, 2.24) is 24.7 Å². The summed E-state index contributed by atoms with van der Waals surface area (Å²) in [7, 11) is -3.95. The number of ether oxygens (including phenoxy) is 5. The lowest BCUT2D eigenvalue weighted by Gasteiger charge is -2.16. The third-order valence-electron chi connectivity index (χ3n) is 4.82. The largest absolute Gasteiger partial charge is 0.473 e. The third kappa shape index (κ3) is 7.61. The van der Waals surface area contributed by atoms with E-state index in [9.17, 15) is 8.42 Å². The molecule has 198 valence electrons. The van der Waals surface area contributed by atoms with Gasteiger partial charge >= 0.3 is 6.01 Å². The van der Waals surface area contributed by atoms with Crippen LogP contribution in [0.1, 0.15) is 13.3 Å². The molecule has 3 aromatic rings. The molecule has 1 aliphatic heterocycles. The Balaban J connectivity index is 1.52. The maximum absolute atomic E-state index is 12.7. The lowest BCUT2D eigenvalue weighted by Crippen LogP contribution is -2.32. The minimum Gasteiger partial charge on any atom is -0.473 e. The van der Waals surface area contributed by atoms with Crippen LogP contribution in [0.25, 0.3) is 11.1 Å². The molecule has 0 unspecified atom stereocenters. The van der Waals surface area contributed by atoms with Gasteiger partial charge in [0.05, 0.1) is 10.0 Å². The molecule has 1 aliphatic rings. The molecule has 0 saturated heterocycles. The highest BCUT2D eigenvalue weighted by Gasteiger charge is 2.22. The zero-order chi connectivity index (χ0) is 26.1. The van der Waals surface area contributed by atoms with Crippen LogP contribution in [0.3, 0.4) is 0 Å². The number of hydrogen-bond donors (Lipinski definition) is 2. The van der Waals surface area contributed by atoms with Crippen LogP contribution >= 0.6 is 15.9 Å². The Hall–Kier alpha value is -3.27. The number of aromatic nitrogens is 4. The predicted octanol–water partition coefficient (Wildman–Crippen LogP) is 2.56. The molecule has 0 saturated carbocycles. The van der Waals surface area contributed by atoms with E-state index in [4.69, 9.17) is 23.7 Å². The van der Waals surface area contributed by atoms with E-state index in [1.165, 1.54) is 6.33 Å². The molecule has 37 heavy (non-hydrogen) atoms. The van der Waals surface area contributed by atoms with Crippen LogP contribution in [0.5, 0.6) is 23.4 Å². The third-order valence-corrected chi connectivity index (χ3v) is 6.27. The maximum atomic E-state index is 12.7. The van der Waals surface area contributed by atoms with Crippen LogP contribution in [-0.4, -0.2) is 68.1 Å². The van der Waals surface area contributed by atoms with Gasteiger partial charge in [0.1, 0.15) is 19.5 Å². The van der Waals surface area contributed by atoms with Gasteiger partial charge in [-0.3, -0.25) is 4.72 Å². The maximum Gasteiger partial charge on any atom is 0.316 e. The number of rotatable bonds is 14. The molecule has 13 nitrogen and oxygen atoms in total. The summed E-state index contributed by atoms with van der Waals surface area (Å²) in [4.78, 5) is 16.5. The second-order valence-corrected chi connectivity index (χ2v) is 9.82. The normalized spacial score (nSPS) is 12.4. The Labute approximate surface area is 222 Å². The van der Waals surface area contributed by atoms with Crippen LogP contribution in [0, 0.1) is 0 Å². The number of nitrogens with one attached hydrogen (secondary N) is 2. The number of benzene rings is 1. The molecule has 15 heteroatoms. The van der Waals surface area contributed by atoms with Gasteiger partial charge in [-0.25, -0.2) is 19.9 Å². The molecule has 0 spiro atoms. The van der Waals surface area contributed by atoms with Gasteiger partial charge in [0.25, 0.3) is 10.2 Å². The van der Waals surface area contributed by atoms with Crippen molar-refractivity contribution >= 4 is 32.0 Å². The van der Waals surface area contributed by atoms with Crippen molar-refractivity contribution in [2.24, 2.45) is 0 Å². The molecular weight excluding hydrogens is 572 g/mol. The summed E-state index contributed by atoms with van der Waals surface area (Å²) in [5, 5.41) is 0. The Bertz CT molecular complexity index is 1300. The first-order chi connectivity index (χ1) is 17.9. The van der Waals surface area contributed by atoms with E-state index in [0.29, 0.717) is 42.3 Å². The van der Waals surface area contributed by atoms with Gasteiger partial charge in [0, 0.05) is 32.2 Å². The lowest BCUT2D eigenvalue weighted by molar-refractivity contribution is 0.146. The minimum absolute atomic E-state index is 0.0262. The summed E-state index contributed by atoms with van der Waals surface area (Å²) in [6.45, 7) is 3.37. The molecule has 0 fully saturated rings. The first-order valence-electron chi connectivity index (χ1n) is 11.3. The highest BCUT2D eigenvalue weighted by Crippen LogP contribution is 2.40. The van der Waals surface area contributed by atoms with Crippen molar-refractivity contribution in [3.05, 3.63) is 41.4 Å². The monoisotopic (exact) mass is 596 g/mol. The highest BCUT2D eigenvalue weighted by atomic mass is 79.9. The molecule has 1 aromatic carbocycles. The Morgan fingerprint density at radius 1 is 1.03 bits per heavy atom. The van der Waals surface area contributed by atoms with Gasteiger partial charge < -0.3 is 23.7 Å². The second-order valence-electron chi connectivity index (χ2n) is 7.40. The van der Waals surface area contributed by atoms with E-state index < -0.39 is 10.2 Å². The standard InChI is InChI=1S/C22H25BrN6O7S/c1-2-32-7-3-6-28-37(30,31)29-20-19(15-4-5-17-18(10-15)36-14-35-17)21(27-13-26-20)33-8-9-34-22-24-11-16(23)12-25-22/h4-5,10-13,28H,2-3,6-9,14H2,1H3,(H,26,27,29). The first kappa shape index (κ1) is 26.8. The Morgan fingerprint density at radius 3 is 2.62 bits per heavy atom. The fourth-order valence-electron chi connectivity index (χ4n) is 3.20. The summed E-state index contributed by atoms with van der Waals surface area (Å²) in [5.41, 5.74) is 0.881. The van der Waals surface area contributed by atoms with E-state index >= 15 is 0 Å². The average molecular weight is 597 g/mol. The number of anilines is 1. The van der Waals surface area contributed by atoms with Crippen LogP contribution in [-0.2, 0) is 14.9 Å². The molecule has 4 rings (SSSR count). The number of fused-ring (bicyclic) bond motifs is 1. The van der Waals surface area contributed by atoms with Gasteiger partial charge in [0.2, 0.25) is 12.7 Å². The SMILES string of the molecule is CCOCCCNS(=O)(=O)Nc1ncnc(OCCOc2ncc(Br)cn2)c1-c1ccc2c(c1)OCO2. The van der Waals surface area contributed by atoms with Crippen molar-refractivity contribution in [3.8, 4) is 34.5 Å². The van der Waals surface area contributed by atoms with Crippen molar-refractivity contribution in [2.45, 2.75) is 13.3 Å². The fraction of sp³-hybridized carbons (Fsp3) is 0.364. The zero-order valence-electron chi connectivity index (χ0n) is 19.8. The van der Waals surface area contributed by atoms with Gasteiger partial charge in [-0.1, -0.05) is 6.07 Å². The van der Waals surface area contributed by atoms with Crippen LogP contribution in [0.4, 0.5) is 5.82 Å². The molecule has 0 atom stereocenters. The summed E-state index contributed by atoms with van der Waals surface area (Å²) in [6.07, 6.45) is 4.85. The van der Waals surface area contributed by atoms with Gasteiger partial charge in [-0.05, 0) is 47.0 Å². The van der Waals surface area contributed by atoms with E-state index in [2.05, 4.69) is 45.3 Å². The van der Waals surface area contributed by atoms with E-state index in [1.807, 2.05) is 6.92 Å². The highest BCUT2D eigenvalue weighted by molar-refractivity contribution is 9.10. The van der Waals surface area contributed by atoms with Crippen LogP contribution < -0.4 is 28.4 Å². The van der Waals surface area contributed by atoms with Gasteiger partial charge in [-0.15, -0.1) is 0 Å². The molecule has 0 amide bonds. The second kappa shape index (κ2) is 12.8. The molecule has 3 heterocycles. The number of halogens is 1. The van der Waals surface area contributed by atoms with Gasteiger partial charge in [0.15, 0.2) is 17.3 Å². The molecule has 0 radical (unpaired) electrons. The summed E-state index contributed by atoms with van der Waals surface area (Å²) in [5.74, 6) is 1.25. The van der Waals surface area contributed by atoms with Crippen LogP contribution in [0.15, 0.2) is 41.4 Å². The fourth-order valence-corrected chi connectivity index (χ4v) is 4.30. The molecular formula is C22H25BrN6O7S. The first-order valence-corrected chi connectivity index (χ1v) is 13.6. The minimum atomic E-state index is -3.95. The zero-order valence-corrected chi connectivity index (χ0v) is 22.2. The Kier molecular flexibility index (Phi) is 9.27. The number of hydrogen-bond acceptors (Lipinski definition) is 11. The van der Waals surface area contributed by atoms with Crippen molar-refractivity contribution in [1.29, 1.82) is 0 Å². The van der Waals surface area contributed by atoms with E-state index in [1.54, 1.807) is 30.6 Å². The van der Waals surface area contributed by atoms with Crippen molar-refractivity contribution < 1.29 is 32.1 Å². The summed E-state index contributed by atoms with van der Waals surface area (Å²) < 4.78 is 58.5. The molecule has 0 aliphatic carbocycles. The van der Waals surface area contributed by atoms with Crippen molar-refractivity contribution in [2.75, 3.05) is 44.5 Å². The average Bonchev–Trinajstić information content (AvgIpc) is 3.35. The molecule has 2 aromatic heterocycles. The Morgan fingerprint density at radius 2 is 1.81 bits per heavy atom. The summed E-state index contributed by atoms with van der Waals surface area (Å²) >= 11 is 3.26. The van der Waals surface area contributed by atoms with E-state index in [-0.39, 0.29) is 44.3 Å². The topological polar surface area (TPSA) is 156 Å². The lowest BCUT2D eigenvalue weighted by atomic mass is 10.1. The summed E-state index contributed by atoms with van der Waals surface area (Å²) in [6, 6.07) is 5.34. The smallest absolute Gasteiger partial charge is 0.316 e. The molecule has 0 bridgehead atoms. The predicted molar refractivity (Wildman–Crippen MR) is 136 cm³/mol. The van der Waals surface area contributed by atoms with Gasteiger partial charge in [-0.2, -0.15) is 13.1 Å².